The van der Waals surface area contributed by atoms with E-state index >= 15 is 0 Å². The number of hydrogen-bond acceptors (Lipinski definition) is 4. The quantitative estimate of drug-likeness (QED) is 0.303. The molecular formula is C17H28IN3O3. The molecule has 0 spiro atoms. The second kappa shape index (κ2) is 11.1. The summed E-state index contributed by atoms with van der Waals surface area (Å²) in [6, 6.07) is 7.72. The largest absolute Gasteiger partial charge is 0.497 e. The van der Waals surface area contributed by atoms with Crippen LogP contribution in [0.5, 0.6) is 5.75 Å². The van der Waals surface area contributed by atoms with Crippen LogP contribution in [0.4, 0.5) is 0 Å². The number of rotatable bonds is 6. The third kappa shape index (κ3) is 9.59. The van der Waals surface area contributed by atoms with Crippen molar-refractivity contribution in [1.82, 2.24) is 10.6 Å². The molecule has 0 aliphatic heterocycles. The second-order valence-corrected chi connectivity index (χ2v) is 5.99. The highest BCUT2D eigenvalue weighted by molar-refractivity contribution is 14.0. The van der Waals surface area contributed by atoms with Gasteiger partial charge in [-0.3, -0.25) is 4.79 Å². The van der Waals surface area contributed by atoms with E-state index in [1.165, 1.54) is 0 Å². The number of methoxy groups -OCH3 is 1. The van der Waals surface area contributed by atoms with Crippen LogP contribution in [0.15, 0.2) is 29.3 Å². The molecule has 0 radical (unpaired) electrons. The Labute approximate surface area is 161 Å². The van der Waals surface area contributed by atoms with Gasteiger partial charge in [0.25, 0.3) is 0 Å². The molecule has 7 heteroatoms. The SMILES string of the molecule is CCNC(=NCc1cccc(OC)c1)NCC(=O)OC(C)(C)C.I. The van der Waals surface area contributed by atoms with E-state index in [4.69, 9.17) is 9.47 Å². The zero-order chi connectivity index (χ0) is 17.3. The summed E-state index contributed by atoms with van der Waals surface area (Å²) < 4.78 is 10.5. The first kappa shape index (κ1) is 22.5. The fourth-order valence-electron chi connectivity index (χ4n) is 1.82. The van der Waals surface area contributed by atoms with Gasteiger partial charge < -0.3 is 20.1 Å². The van der Waals surface area contributed by atoms with E-state index in [0.717, 1.165) is 11.3 Å². The van der Waals surface area contributed by atoms with Crippen LogP contribution < -0.4 is 15.4 Å². The molecule has 1 aromatic carbocycles. The molecule has 136 valence electrons. The van der Waals surface area contributed by atoms with Crippen LogP contribution in [0.1, 0.15) is 33.3 Å². The van der Waals surface area contributed by atoms with Crippen LogP contribution >= 0.6 is 24.0 Å². The maximum absolute atomic E-state index is 11.7. The van der Waals surface area contributed by atoms with Crippen molar-refractivity contribution < 1.29 is 14.3 Å². The molecule has 0 atom stereocenters. The van der Waals surface area contributed by atoms with Gasteiger partial charge in [-0.15, -0.1) is 24.0 Å². The number of carbonyl (C=O) groups excluding carboxylic acids is 1. The molecule has 1 aromatic rings. The molecule has 0 saturated carbocycles. The number of hydrogen-bond donors (Lipinski definition) is 2. The Morgan fingerprint density at radius 1 is 1.25 bits per heavy atom. The van der Waals surface area contributed by atoms with Gasteiger partial charge in [-0.2, -0.15) is 0 Å². The molecule has 6 nitrogen and oxygen atoms in total. The lowest BCUT2D eigenvalue weighted by atomic mass is 10.2. The van der Waals surface area contributed by atoms with Crippen molar-refractivity contribution in [3.8, 4) is 5.75 Å². The summed E-state index contributed by atoms with van der Waals surface area (Å²) in [5, 5.41) is 6.07. The standard InChI is InChI=1S/C17H27N3O3.HI/c1-6-18-16(20-12-15(21)23-17(2,3)4)19-11-13-8-7-9-14(10-13)22-5;/h7-10H,6,11-12H2,1-5H3,(H2,18,19,20);1H. The average Bonchev–Trinajstić information content (AvgIpc) is 2.48. The molecule has 0 heterocycles. The molecule has 1 rings (SSSR count). The Morgan fingerprint density at radius 3 is 2.54 bits per heavy atom. The van der Waals surface area contributed by atoms with Crippen LogP contribution in [-0.2, 0) is 16.1 Å². The number of carbonyl (C=O) groups is 1. The number of nitrogens with zero attached hydrogens (tertiary/aromatic N) is 1. The number of ether oxygens (including phenoxy) is 2. The lowest BCUT2D eigenvalue weighted by molar-refractivity contribution is -0.153. The predicted molar refractivity (Wildman–Crippen MR) is 107 cm³/mol. The van der Waals surface area contributed by atoms with Crippen molar-refractivity contribution in [2.45, 2.75) is 39.8 Å². The molecular weight excluding hydrogens is 421 g/mol. The van der Waals surface area contributed by atoms with Crippen molar-refractivity contribution in [2.75, 3.05) is 20.2 Å². The Bertz CT molecular complexity index is 542. The van der Waals surface area contributed by atoms with Gasteiger partial charge in [-0.1, -0.05) is 12.1 Å². The number of halogens is 1. The van der Waals surface area contributed by atoms with Crippen molar-refractivity contribution in [2.24, 2.45) is 4.99 Å². The number of aliphatic imine (C=N–C) groups is 1. The molecule has 0 aromatic heterocycles. The van der Waals surface area contributed by atoms with E-state index in [1.807, 2.05) is 52.0 Å². The monoisotopic (exact) mass is 449 g/mol. The Hall–Kier alpha value is -1.51. The third-order valence-electron chi connectivity index (χ3n) is 2.72. The maximum atomic E-state index is 11.7. The van der Waals surface area contributed by atoms with E-state index in [2.05, 4.69) is 15.6 Å². The van der Waals surface area contributed by atoms with E-state index in [1.54, 1.807) is 7.11 Å². The Balaban J connectivity index is 0.00000529. The second-order valence-electron chi connectivity index (χ2n) is 5.99. The lowest BCUT2D eigenvalue weighted by Crippen LogP contribution is -2.41. The molecule has 0 amide bonds. The highest BCUT2D eigenvalue weighted by atomic mass is 127. The summed E-state index contributed by atoms with van der Waals surface area (Å²) >= 11 is 0. The number of benzene rings is 1. The Morgan fingerprint density at radius 2 is 1.96 bits per heavy atom. The van der Waals surface area contributed by atoms with Crippen LogP contribution in [0.2, 0.25) is 0 Å². The minimum atomic E-state index is -0.491. The fourth-order valence-corrected chi connectivity index (χ4v) is 1.82. The number of nitrogens with one attached hydrogen (secondary N) is 2. The van der Waals surface area contributed by atoms with Crippen molar-refractivity contribution >= 4 is 35.9 Å². The first-order valence-corrected chi connectivity index (χ1v) is 7.71. The number of guanidine groups is 1. The summed E-state index contributed by atoms with van der Waals surface area (Å²) in [5.74, 6) is 1.05. The van der Waals surface area contributed by atoms with Crippen molar-refractivity contribution in [1.29, 1.82) is 0 Å². The molecule has 0 aliphatic rings. The van der Waals surface area contributed by atoms with Gasteiger partial charge in [0.2, 0.25) is 0 Å². The minimum Gasteiger partial charge on any atom is -0.497 e. The van der Waals surface area contributed by atoms with Crippen LogP contribution in [0, 0.1) is 0 Å². The molecule has 0 aliphatic carbocycles. The van der Waals surface area contributed by atoms with Crippen LogP contribution in [-0.4, -0.2) is 37.7 Å². The normalized spacial score (nSPS) is 11.3. The fraction of sp³-hybridized carbons (Fsp3) is 0.529. The summed E-state index contributed by atoms with van der Waals surface area (Å²) in [4.78, 5) is 16.2. The van der Waals surface area contributed by atoms with Gasteiger partial charge >= 0.3 is 5.97 Å². The van der Waals surface area contributed by atoms with Gasteiger partial charge in [-0.25, -0.2) is 4.99 Å². The van der Waals surface area contributed by atoms with Gasteiger partial charge in [0.1, 0.15) is 17.9 Å². The molecule has 2 N–H and O–H groups in total. The van der Waals surface area contributed by atoms with E-state index in [-0.39, 0.29) is 36.5 Å². The van der Waals surface area contributed by atoms with Gasteiger partial charge in [-0.05, 0) is 45.4 Å². The van der Waals surface area contributed by atoms with Crippen LogP contribution in [0.25, 0.3) is 0 Å². The number of esters is 1. The molecule has 0 saturated heterocycles. The van der Waals surface area contributed by atoms with Gasteiger partial charge in [0.05, 0.1) is 13.7 Å². The summed E-state index contributed by atoms with van der Waals surface area (Å²) in [5.41, 5.74) is 0.535. The molecule has 0 unspecified atom stereocenters. The Kier molecular flexibility index (Phi) is 10.4. The highest BCUT2D eigenvalue weighted by Gasteiger charge is 2.16. The summed E-state index contributed by atoms with van der Waals surface area (Å²) in [6.07, 6.45) is 0. The van der Waals surface area contributed by atoms with E-state index in [0.29, 0.717) is 19.0 Å². The zero-order valence-corrected chi connectivity index (χ0v) is 17.3. The lowest BCUT2D eigenvalue weighted by Gasteiger charge is -2.20. The zero-order valence-electron chi connectivity index (χ0n) is 15.0. The summed E-state index contributed by atoms with van der Waals surface area (Å²) in [7, 11) is 1.63. The van der Waals surface area contributed by atoms with Gasteiger partial charge in [0.15, 0.2) is 5.96 Å². The van der Waals surface area contributed by atoms with Crippen LogP contribution in [0.3, 0.4) is 0 Å². The first-order valence-electron chi connectivity index (χ1n) is 7.71. The summed E-state index contributed by atoms with van der Waals surface area (Å²) in [6.45, 7) is 8.75. The van der Waals surface area contributed by atoms with Crippen molar-refractivity contribution in [3.63, 3.8) is 0 Å². The highest BCUT2D eigenvalue weighted by Crippen LogP contribution is 2.13. The topological polar surface area (TPSA) is 72.0 Å². The minimum absolute atomic E-state index is 0. The van der Waals surface area contributed by atoms with E-state index in [9.17, 15) is 4.79 Å². The molecule has 0 bridgehead atoms. The molecule has 24 heavy (non-hydrogen) atoms. The van der Waals surface area contributed by atoms with Crippen molar-refractivity contribution in [3.05, 3.63) is 29.8 Å². The van der Waals surface area contributed by atoms with Gasteiger partial charge in [0, 0.05) is 6.54 Å². The first-order chi connectivity index (χ1) is 10.8. The maximum Gasteiger partial charge on any atom is 0.325 e. The smallest absolute Gasteiger partial charge is 0.325 e. The molecule has 0 fully saturated rings. The predicted octanol–water partition coefficient (Wildman–Crippen LogP) is 2.71. The third-order valence-corrected chi connectivity index (χ3v) is 2.72. The van der Waals surface area contributed by atoms with E-state index < -0.39 is 5.60 Å². The average molecular weight is 449 g/mol.